The van der Waals surface area contributed by atoms with Crippen molar-refractivity contribution in [1.29, 1.82) is 0 Å². The van der Waals surface area contributed by atoms with Crippen LogP contribution in [0.4, 0.5) is 4.79 Å². The van der Waals surface area contributed by atoms with Crippen molar-refractivity contribution in [1.82, 2.24) is 10.6 Å². The molecule has 16 atom stereocenters. The zero-order valence-electron chi connectivity index (χ0n) is 39.6. The van der Waals surface area contributed by atoms with E-state index in [1.165, 1.54) is 13.8 Å². The van der Waals surface area contributed by atoms with Crippen molar-refractivity contribution in [2.75, 3.05) is 27.0 Å². The maximum atomic E-state index is 14.0. The van der Waals surface area contributed by atoms with Crippen molar-refractivity contribution < 1.29 is 111 Å². The first kappa shape index (κ1) is 60.9. The molecule has 2 saturated heterocycles. The maximum absolute atomic E-state index is 14.0. The molecule has 0 bridgehead atoms. The van der Waals surface area contributed by atoms with Gasteiger partial charge in [-0.3, -0.25) is 23.7 Å². The Hall–Kier alpha value is -3.26. The molecule has 0 aliphatic carbocycles. The predicted octanol–water partition coefficient (Wildman–Crippen LogP) is 0.227. The molecule has 25 nitrogen and oxygen atoms in total. The van der Waals surface area contributed by atoms with Crippen molar-refractivity contribution in [3.63, 3.8) is 0 Å². The van der Waals surface area contributed by atoms with Crippen LogP contribution in [0.3, 0.4) is 0 Å². The molecule has 2 rings (SSSR count). The highest BCUT2D eigenvalue weighted by molar-refractivity contribution is 7.56. The SMILES string of the molecule is C=CC(=O)O[C@@H](CC(=O)NC1C(OCC2OC(C)C(NC(=O)C[C@H](O)C(C)C)C(OC(=O)C[C@H](O)OOC)C2O)OC(CO)C(OP(=O)(O)O)C1OC(=O)C[C@@H](C)OC(=O)PC)C(C)CC(C)C. The number of aliphatic hydroxyl groups is 4. The first-order valence-corrected chi connectivity index (χ1v) is 25.0. The third-order valence-electron chi connectivity index (χ3n) is 10.6. The number of phosphoric acid groups is 1. The number of ether oxygens (including phenoxy) is 7. The number of nitrogens with one attached hydrogen (secondary N) is 2. The molecule has 2 aliphatic rings. The fourth-order valence-electron chi connectivity index (χ4n) is 7.33. The molecule has 27 heteroatoms. The van der Waals surface area contributed by atoms with Gasteiger partial charge in [0.05, 0.1) is 64.3 Å². The van der Waals surface area contributed by atoms with E-state index in [0.29, 0.717) is 6.42 Å². The van der Waals surface area contributed by atoms with Gasteiger partial charge in [-0.05, 0) is 53.3 Å². The quantitative estimate of drug-likeness (QED) is 0.00989. The third-order valence-corrected chi connectivity index (χ3v) is 11.7. The fraction of sp³-hybridized carbons (Fsp3) is 0.805. The van der Waals surface area contributed by atoms with Crippen LogP contribution < -0.4 is 10.6 Å². The Balaban J connectivity index is 2.66. The molecule has 392 valence electrons. The molecule has 0 saturated carbocycles. The van der Waals surface area contributed by atoms with Crippen LogP contribution in [0, 0.1) is 17.8 Å². The minimum Gasteiger partial charge on any atom is -0.459 e. The summed E-state index contributed by atoms with van der Waals surface area (Å²) in [6, 6.07) is -3.07. The van der Waals surface area contributed by atoms with Crippen LogP contribution in [0.25, 0.3) is 0 Å². The number of carbonyl (C=O) groups is 6. The van der Waals surface area contributed by atoms with Crippen LogP contribution in [0.5, 0.6) is 0 Å². The minimum absolute atomic E-state index is 0.0931. The molecular formula is C41H70N2O23P2. The summed E-state index contributed by atoms with van der Waals surface area (Å²) in [6.45, 7) is 14.9. The molecule has 0 aromatic carbocycles. The smallest absolute Gasteiger partial charge is 0.459 e. The Morgan fingerprint density at radius 1 is 0.838 bits per heavy atom. The fourth-order valence-corrected chi connectivity index (χ4v) is 8.22. The topological polar surface area (TPSA) is 357 Å². The van der Waals surface area contributed by atoms with E-state index in [1.54, 1.807) is 27.4 Å². The van der Waals surface area contributed by atoms with Gasteiger partial charge >= 0.3 is 31.4 Å². The van der Waals surface area contributed by atoms with E-state index in [9.17, 15) is 63.5 Å². The number of carbonyl (C=O) groups excluding carboxylic acids is 6. The summed E-state index contributed by atoms with van der Waals surface area (Å²) < 4.78 is 57.4. The van der Waals surface area contributed by atoms with Crippen LogP contribution in [-0.2, 0) is 76.0 Å². The van der Waals surface area contributed by atoms with Crippen LogP contribution in [0.15, 0.2) is 12.7 Å². The van der Waals surface area contributed by atoms with Crippen molar-refractivity contribution in [2.24, 2.45) is 17.8 Å². The van der Waals surface area contributed by atoms with Crippen LogP contribution in [0.2, 0.25) is 0 Å². The lowest BCUT2D eigenvalue weighted by Gasteiger charge is -2.47. The number of amides is 2. The molecule has 0 aromatic heterocycles. The summed E-state index contributed by atoms with van der Waals surface area (Å²) in [5.41, 5.74) is -0.633. The van der Waals surface area contributed by atoms with Crippen LogP contribution >= 0.6 is 16.4 Å². The normalized spacial score (nSPS) is 27.7. The number of hydrogen-bond acceptors (Lipinski definition) is 21. The molecule has 2 amide bonds. The first-order chi connectivity index (χ1) is 31.7. The van der Waals surface area contributed by atoms with Gasteiger partial charge in [-0.2, -0.15) is 0 Å². The van der Waals surface area contributed by atoms with Gasteiger partial charge in [0.2, 0.25) is 11.8 Å². The van der Waals surface area contributed by atoms with Gasteiger partial charge in [0.25, 0.3) is 0 Å². The molecule has 2 fully saturated rings. The van der Waals surface area contributed by atoms with Gasteiger partial charge < -0.3 is 74.0 Å². The summed E-state index contributed by atoms with van der Waals surface area (Å²) in [6.07, 6.45) is -19.7. The highest BCUT2D eigenvalue weighted by Crippen LogP contribution is 2.42. The second-order valence-electron chi connectivity index (χ2n) is 17.2. The van der Waals surface area contributed by atoms with E-state index in [1.807, 2.05) is 13.8 Å². The average Bonchev–Trinajstić information content (AvgIpc) is 3.22. The largest absolute Gasteiger partial charge is 0.470 e. The van der Waals surface area contributed by atoms with E-state index in [0.717, 1.165) is 13.2 Å². The minimum atomic E-state index is -5.52. The molecule has 0 radical (unpaired) electrons. The number of phosphoric ester groups is 1. The van der Waals surface area contributed by atoms with E-state index in [4.69, 9.17) is 37.7 Å². The Labute approximate surface area is 396 Å². The predicted molar refractivity (Wildman–Crippen MR) is 235 cm³/mol. The second-order valence-corrected chi connectivity index (χ2v) is 19.3. The zero-order chi connectivity index (χ0) is 51.6. The summed E-state index contributed by atoms with van der Waals surface area (Å²) in [5, 5.41) is 47.7. The van der Waals surface area contributed by atoms with Crippen LogP contribution in [-0.4, -0.2) is 178 Å². The summed E-state index contributed by atoms with van der Waals surface area (Å²) in [7, 11) is -4.73. The lowest BCUT2D eigenvalue weighted by Crippen LogP contribution is -2.67. The Morgan fingerprint density at radius 2 is 1.44 bits per heavy atom. The highest BCUT2D eigenvalue weighted by Gasteiger charge is 2.53. The lowest BCUT2D eigenvalue weighted by atomic mass is 9.91. The second kappa shape index (κ2) is 29.2. The number of esters is 3. The van der Waals surface area contributed by atoms with Gasteiger partial charge in [-0.25, -0.2) is 23.9 Å². The molecule has 8 N–H and O–H groups in total. The summed E-state index contributed by atoms with van der Waals surface area (Å²) in [4.78, 5) is 107. The average molecular weight is 1020 g/mol. The highest BCUT2D eigenvalue weighted by atomic mass is 31.2. The van der Waals surface area contributed by atoms with Crippen molar-refractivity contribution in [2.45, 2.75) is 166 Å². The summed E-state index contributed by atoms with van der Waals surface area (Å²) >= 11 is 0. The number of aliphatic hydroxyl groups excluding tert-OH is 4. The van der Waals surface area contributed by atoms with E-state index < -0.39 is 167 Å². The summed E-state index contributed by atoms with van der Waals surface area (Å²) in [5.74, 6) is -5.33. The standard InChI is InChI=1S/C41H70N2O23P2/c1-11-30(48)61-25(21(6)12-19(2)3)15-29(47)43-35-39(64-31(49)13-22(7)59-41(53)67-10)37(66-68(54,55)56)26(17-44)62-40(35)58-18-27-36(52)38(63-32(50)16-33(51)65-57-9)34(23(8)60-27)42-28(46)14-24(45)20(4)5/h11,19-27,33-40,44-45,51-52,67H,1,12-18H2,2-10H3,(H,42,46)(H,43,47)(H2,54,55,56)/t21?,22-,23?,24+,25+,26?,27?,33-,34?,35?,36?,37?,38?,39?,40?/m1/s1. The monoisotopic (exact) mass is 1020 g/mol. The van der Waals surface area contributed by atoms with E-state index >= 15 is 0 Å². The van der Waals surface area contributed by atoms with Gasteiger partial charge in [0, 0.05) is 6.08 Å². The maximum Gasteiger partial charge on any atom is 0.470 e. The molecule has 12 unspecified atom stereocenters. The van der Waals surface area contributed by atoms with Crippen molar-refractivity contribution in [3.05, 3.63) is 12.7 Å². The zero-order valence-corrected chi connectivity index (χ0v) is 41.5. The molecule has 2 heterocycles. The Kier molecular flexibility index (Phi) is 26.1. The number of hydrogen-bond donors (Lipinski definition) is 8. The lowest BCUT2D eigenvalue weighted by molar-refractivity contribution is -0.353. The van der Waals surface area contributed by atoms with Crippen molar-refractivity contribution in [3.8, 4) is 0 Å². The molecular weight excluding hydrogens is 950 g/mol. The van der Waals surface area contributed by atoms with E-state index in [-0.39, 0.29) is 26.8 Å². The molecule has 0 aromatic rings. The Morgan fingerprint density at radius 3 is 2.00 bits per heavy atom. The number of rotatable bonds is 28. The van der Waals surface area contributed by atoms with Gasteiger partial charge in [-0.15, -0.1) is 0 Å². The van der Waals surface area contributed by atoms with Crippen LogP contribution in [0.1, 0.15) is 80.6 Å². The van der Waals surface area contributed by atoms with E-state index in [2.05, 4.69) is 27.0 Å². The van der Waals surface area contributed by atoms with Crippen molar-refractivity contribution >= 4 is 51.8 Å². The molecule has 0 spiro atoms. The Bertz CT molecular complexity index is 1700. The van der Waals surface area contributed by atoms with Gasteiger partial charge in [-0.1, -0.05) is 41.2 Å². The third kappa shape index (κ3) is 20.6. The first-order valence-electron chi connectivity index (χ1n) is 21.9. The van der Waals surface area contributed by atoms with Gasteiger partial charge in [0.1, 0.15) is 42.7 Å². The molecule has 2 aliphatic heterocycles. The molecule has 68 heavy (non-hydrogen) atoms. The van der Waals surface area contributed by atoms with Gasteiger partial charge in [0.15, 0.2) is 24.8 Å².